The molecule has 118 valence electrons. The summed E-state index contributed by atoms with van der Waals surface area (Å²) in [5, 5.41) is 2.86. The fraction of sp³-hybridized carbons (Fsp3) is 0.375. The summed E-state index contributed by atoms with van der Waals surface area (Å²) in [7, 11) is 1.59. The van der Waals surface area contributed by atoms with Crippen LogP contribution in [-0.4, -0.2) is 35.2 Å². The van der Waals surface area contributed by atoms with Crippen LogP contribution >= 0.6 is 0 Å². The molecule has 2 rings (SSSR count). The summed E-state index contributed by atoms with van der Waals surface area (Å²) >= 11 is 0. The number of amides is 1. The van der Waals surface area contributed by atoms with Gasteiger partial charge < -0.3 is 19.4 Å². The number of aromatic nitrogens is 2. The lowest BCUT2D eigenvalue weighted by molar-refractivity contribution is -0.127. The number of carbonyl (C=O) groups is 1. The van der Waals surface area contributed by atoms with Crippen molar-refractivity contribution in [3.8, 4) is 11.5 Å². The van der Waals surface area contributed by atoms with Crippen molar-refractivity contribution < 1.29 is 14.3 Å². The van der Waals surface area contributed by atoms with Crippen LogP contribution in [0.5, 0.6) is 11.5 Å². The van der Waals surface area contributed by atoms with Crippen molar-refractivity contribution >= 4 is 5.91 Å². The van der Waals surface area contributed by atoms with Crippen LogP contribution in [0.4, 0.5) is 0 Å². The average Bonchev–Trinajstić information content (AvgIpc) is 3.04. The Morgan fingerprint density at radius 1 is 1.41 bits per heavy atom. The summed E-state index contributed by atoms with van der Waals surface area (Å²) in [5.41, 5.74) is 0. The van der Waals surface area contributed by atoms with Crippen LogP contribution in [0.25, 0.3) is 0 Å². The van der Waals surface area contributed by atoms with Crippen LogP contribution in [0.2, 0.25) is 0 Å². The zero-order chi connectivity index (χ0) is 15.8. The van der Waals surface area contributed by atoms with Gasteiger partial charge in [-0.25, -0.2) is 4.98 Å². The third kappa shape index (κ3) is 4.80. The van der Waals surface area contributed by atoms with Gasteiger partial charge in [0, 0.05) is 31.5 Å². The number of ether oxygens (including phenoxy) is 2. The fourth-order valence-electron chi connectivity index (χ4n) is 1.97. The molecule has 1 aromatic heterocycles. The second kappa shape index (κ2) is 8.07. The van der Waals surface area contributed by atoms with E-state index in [1.54, 1.807) is 38.7 Å². The van der Waals surface area contributed by atoms with E-state index in [0.29, 0.717) is 18.0 Å². The first-order chi connectivity index (χ1) is 10.7. The first kappa shape index (κ1) is 15.9. The monoisotopic (exact) mass is 303 g/mol. The minimum atomic E-state index is -0.555. The van der Waals surface area contributed by atoms with E-state index in [1.807, 2.05) is 22.9 Å². The van der Waals surface area contributed by atoms with E-state index in [1.165, 1.54) is 0 Å². The maximum absolute atomic E-state index is 12.0. The molecule has 0 aliphatic heterocycles. The molecule has 1 N–H and O–H groups in total. The molecule has 1 atom stereocenters. The number of imidazole rings is 1. The maximum Gasteiger partial charge on any atom is 0.260 e. The van der Waals surface area contributed by atoms with E-state index in [9.17, 15) is 4.79 Å². The molecule has 0 aliphatic carbocycles. The van der Waals surface area contributed by atoms with Gasteiger partial charge in [-0.3, -0.25) is 4.79 Å². The van der Waals surface area contributed by atoms with Gasteiger partial charge in [-0.1, -0.05) is 6.07 Å². The average molecular weight is 303 g/mol. The predicted octanol–water partition coefficient (Wildman–Crippen LogP) is 1.87. The summed E-state index contributed by atoms with van der Waals surface area (Å²) in [6.45, 7) is 3.15. The Labute approximate surface area is 130 Å². The van der Waals surface area contributed by atoms with Crippen molar-refractivity contribution in [2.75, 3.05) is 13.7 Å². The third-order valence-electron chi connectivity index (χ3n) is 3.17. The molecule has 1 unspecified atom stereocenters. The molecule has 6 nitrogen and oxygen atoms in total. The first-order valence-electron chi connectivity index (χ1n) is 7.23. The molecule has 0 bridgehead atoms. The Bertz CT molecular complexity index is 584. The first-order valence-corrected chi connectivity index (χ1v) is 7.23. The molecule has 0 radical (unpaired) electrons. The van der Waals surface area contributed by atoms with Crippen LogP contribution in [0, 0.1) is 0 Å². The van der Waals surface area contributed by atoms with Crippen molar-refractivity contribution in [1.29, 1.82) is 0 Å². The number of nitrogens with zero attached hydrogens (tertiary/aromatic N) is 2. The molecular formula is C16H21N3O3. The second-order valence-electron chi connectivity index (χ2n) is 4.88. The number of rotatable bonds is 8. The van der Waals surface area contributed by atoms with Gasteiger partial charge >= 0.3 is 0 Å². The van der Waals surface area contributed by atoms with Crippen molar-refractivity contribution in [3.63, 3.8) is 0 Å². The number of nitrogens with one attached hydrogen (secondary N) is 1. The standard InChI is InChI=1S/C16H21N3O3/c1-13(22-15-6-3-5-14(11-15)21-2)16(20)18-7-4-9-19-10-8-17-12-19/h3,5-6,8,10-13H,4,7,9H2,1-2H3,(H,18,20). The van der Waals surface area contributed by atoms with Crippen LogP contribution in [0.3, 0.4) is 0 Å². The molecule has 1 aromatic carbocycles. The Balaban J connectivity index is 1.72. The quantitative estimate of drug-likeness (QED) is 0.756. The number of hydrogen-bond acceptors (Lipinski definition) is 4. The summed E-state index contributed by atoms with van der Waals surface area (Å²) in [6.07, 6.45) is 5.68. The topological polar surface area (TPSA) is 65.4 Å². The van der Waals surface area contributed by atoms with Gasteiger partial charge in [-0.05, 0) is 25.5 Å². The Morgan fingerprint density at radius 2 is 2.23 bits per heavy atom. The smallest absolute Gasteiger partial charge is 0.260 e. The summed E-state index contributed by atoms with van der Waals surface area (Å²) < 4.78 is 12.7. The van der Waals surface area contributed by atoms with Crippen molar-refractivity contribution in [2.45, 2.75) is 26.0 Å². The zero-order valence-electron chi connectivity index (χ0n) is 12.9. The number of benzene rings is 1. The zero-order valence-corrected chi connectivity index (χ0v) is 12.9. The maximum atomic E-state index is 12.0. The highest BCUT2D eigenvalue weighted by atomic mass is 16.5. The van der Waals surface area contributed by atoms with E-state index in [4.69, 9.17) is 9.47 Å². The molecule has 0 fully saturated rings. The van der Waals surface area contributed by atoms with E-state index < -0.39 is 6.10 Å². The number of hydrogen-bond donors (Lipinski definition) is 1. The summed E-state index contributed by atoms with van der Waals surface area (Å²) in [4.78, 5) is 15.9. The van der Waals surface area contributed by atoms with Gasteiger partial charge in [0.2, 0.25) is 0 Å². The predicted molar refractivity (Wildman–Crippen MR) is 82.9 cm³/mol. The molecule has 1 amide bonds. The SMILES string of the molecule is COc1cccc(OC(C)C(=O)NCCCn2ccnc2)c1. The lowest BCUT2D eigenvalue weighted by atomic mass is 10.3. The third-order valence-corrected chi connectivity index (χ3v) is 3.17. The van der Waals surface area contributed by atoms with Gasteiger partial charge in [-0.15, -0.1) is 0 Å². The number of methoxy groups -OCH3 is 1. The van der Waals surface area contributed by atoms with E-state index >= 15 is 0 Å². The molecule has 0 aliphatic rings. The molecule has 1 heterocycles. The largest absolute Gasteiger partial charge is 0.497 e. The Morgan fingerprint density at radius 3 is 2.95 bits per heavy atom. The van der Waals surface area contributed by atoms with E-state index in [-0.39, 0.29) is 5.91 Å². The Kier molecular flexibility index (Phi) is 5.82. The number of carbonyl (C=O) groups excluding carboxylic acids is 1. The van der Waals surface area contributed by atoms with E-state index in [2.05, 4.69) is 10.3 Å². The van der Waals surface area contributed by atoms with Gasteiger partial charge in [0.1, 0.15) is 11.5 Å². The van der Waals surface area contributed by atoms with Crippen LogP contribution in [-0.2, 0) is 11.3 Å². The highest BCUT2D eigenvalue weighted by Crippen LogP contribution is 2.19. The minimum absolute atomic E-state index is 0.131. The molecule has 0 saturated carbocycles. The second-order valence-corrected chi connectivity index (χ2v) is 4.88. The van der Waals surface area contributed by atoms with Gasteiger partial charge in [-0.2, -0.15) is 0 Å². The van der Waals surface area contributed by atoms with Crippen molar-refractivity contribution in [3.05, 3.63) is 43.0 Å². The molecule has 22 heavy (non-hydrogen) atoms. The Hall–Kier alpha value is -2.50. The molecule has 6 heteroatoms. The molecular weight excluding hydrogens is 282 g/mol. The summed E-state index contributed by atoms with van der Waals surface area (Å²) in [6, 6.07) is 7.20. The minimum Gasteiger partial charge on any atom is -0.497 e. The highest BCUT2D eigenvalue weighted by Gasteiger charge is 2.14. The van der Waals surface area contributed by atoms with E-state index in [0.717, 1.165) is 13.0 Å². The van der Waals surface area contributed by atoms with Gasteiger partial charge in [0.05, 0.1) is 13.4 Å². The molecule has 0 spiro atoms. The molecule has 2 aromatic rings. The number of aryl methyl sites for hydroxylation is 1. The lowest BCUT2D eigenvalue weighted by Crippen LogP contribution is -2.37. The molecule has 0 saturated heterocycles. The normalized spacial score (nSPS) is 11.7. The van der Waals surface area contributed by atoms with Crippen LogP contribution in [0.15, 0.2) is 43.0 Å². The summed E-state index contributed by atoms with van der Waals surface area (Å²) in [5.74, 6) is 1.18. The van der Waals surface area contributed by atoms with Crippen molar-refractivity contribution in [1.82, 2.24) is 14.9 Å². The van der Waals surface area contributed by atoms with Crippen LogP contribution < -0.4 is 14.8 Å². The van der Waals surface area contributed by atoms with Crippen molar-refractivity contribution in [2.24, 2.45) is 0 Å². The van der Waals surface area contributed by atoms with Gasteiger partial charge in [0.15, 0.2) is 6.10 Å². The van der Waals surface area contributed by atoms with Gasteiger partial charge in [0.25, 0.3) is 5.91 Å². The highest BCUT2D eigenvalue weighted by molar-refractivity contribution is 5.80. The lowest BCUT2D eigenvalue weighted by Gasteiger charge is -2.15. The van der Waals surface area contributed by atoms with Crippen LogP contribution in [0.1, 0.15) is 13.3 Å². The fourth-order valence-corrected chi connectivity index (χ4v) is 1.97.